The van der Waals surface area contributed by atoms with E-state index in [0.29, 0.717) is 11.3 Å². The zero-order valence-corrected chi connectivity index (χ0v) is 14.7. The van der Waals surface area contributed by atoms with Crippen molar-refractivity contribution in [2.24, 2.45) is 5.73 Å². The van der Waals surface area contributed by atoms with Gasteiger partial charge in [0.1, 0.15) is 17.1 Å². The molecule has 6 heteroatoms. The molecule has 3 N–H and O–H groups in total. The van der Waals surface area contributed by atoms with E-state index in [2.05, 4.69) is 5.32 Å². The highest BCUT2D eigenvalue weighted by Crippen LogP contribution is 2.24. The van der Waals surface area contributed by atoms with Gasteiger partial charge in [-0.3, -0.25) is 4.79 Å². The van der Waals surface area contributed by atoms with Crippen LogP contribution < -0.4 is 15.8 Å². The van der Waals surface area contributed by atoms with Crippen molar-refractivity contribution in [2.75, 3.05) is 5.32 Å². The van der Waals surface area contributed by atoms with Gasteiger partial charge in [0, 0.05) is 6.07 Å². The summed E-state index contributed by atoms with van der Waals surface area (Å²) in [6.07, 6.45) is -0.0553. The fourth-order valence-electron chi connectivity index (χ4n) is 2.11. The molecule has 1 unspecified atom stereocenters. The van der Waals surface area contributed by atoms with Crippen LogP contribution in [0.5, 0.6) is 5.75 Å². The van der Waals surface area contributed by atoms with E-state index in [1.807, 2.05) is 19.9 Å². The van der Waals surface area contributed by atoms with Crippen LogP contribution in [0.3, 0.4) is 0 Å². The molecule has 2 aromatic carbocycles. The average Bonchev–Trinajstić information content (AvgIpc) is 2.50. The maximum atomic E-state index is 14.1. The van der Waals surface area contributed by atoms with Crippen molar-refractivity contribution in [3.63, 3.8) is 0 Å². The largest absolute Gasteiger partial charge is 0.491 e. The molecule has 0 spiro atoms. The van der Waals surface area contributed by atoms with Gasteiger partial charge in [0.25, 0.3) is 0 Å². The molecule has 24 heavy (non-hydrogen) atoms. The molecular formula is C18H22ClFN2O2. The van der Waals surface area contributed by atoms with E-state index >= 15 is 0 Å². The van der Waals surface area contributed by atoms with Crippen molar-refractivity contribution >= 4 is 24.0 Å². The van der Waals surface area contributed by atoms with Crippen LogP contribution in [0.1, 0.15) is 26.3 Å². The highest BCUT2D eigenvalue weighted by atomic mass is 35.5. The maximum absolute atomic E-state index is 14.1. The number of hydrogen-bond acceptors (Lipinski definition) is 3. The summed E-state index contributed by atoms with van der Waals surface area (Å²) in [4.78, 5) is 12.4. The van der Waals surface area contributed by atoms with Gasteiger partial charge in [-0.15, -0.1) is 12.4 Å². The Balaban J connectivity index is 0.00000288. The monoisotopic (exact) mass is 352 g/mol. The maximum Gasteiger partial charge on any atom is 0.248 e. The Morgan fingerprint density at radius 1 is 1.21 bits per heavy atom. The predicted octanol–water partition coefficient (Wildman–Crippen LogP) is 3.85. The molecular weight excluding hydrogens is 331 g/mol. The van der Waals surface area contributed by atoms with Crippen LogP contribution in [0.4, 0.5) is 10.1 Å². The number of nitrogens with two attached hydrogens (primary N) is 1. The Morgan fingerprint density at radius 3 is 2.38 bits per heavy atom. The molecule has 0 heterocycles. The number of carbonyl (C=O) groups excluding carboxylic acids is 1. The van der Waals surface area contributed by atoms with Crippen molar-refractivity contribution in [1.82, 2.24) is 0 Å². The number of rotatable bonds is 5. The molecule has 1 atom stereocenters. The van der Waals surface area contributed by atoms with Crippen LogP contribution in [0.15, 0.2) is 48.5 Å². The average molecular weight is 353 g/mol. The number of nitrogens with one attached hydrogen (secondary N) is 1. The zero-order chi connectivity index (χ0) is 17.0. The third kappa shape index (κ3) is 4.69. The van der Waals surface area contributed by atoms with Crippen LogP contribution in [-0.2, 0) is 10.3 Å². The third-order valence-electron chi connectivity index (χ3n) is 3.41. The van der Waals surface area contributed by atoms with E-state index in [1.165, 1.54) is 12.1 Å². The fourth-order valence-corrected chi connectivity index (χ4v) is 2.11. The van der Waals surface area contributed by atoms with Crippen molar-refractivity contribution in [2.45, 2.75) is 32.4 Å². The summed E-state index contributed by atoms with van der Waals surface area (Å²) in [7, 11) is 0. The van der Waals surface area contributed by atoms with Crippen LogP contribution >= 0.6 is 12.4 Å². The van der Waals surface area contributed by atoms with Gasteiger partial charge in [-0.2, -0.15) is 0 Å². The first kappa shape index (κ1) is 19.9. The van der Waals surface area contributed by atoms with Crippen LogP contribution in [0, 0.1) is 5.82 Å². The summed E-state index contributed by atoms with van der Waals surface area (Å²) in [6, 6.07) is 13.3. The Bertz CT molecular complexity index is 691. The molecule has 0 aromatic heterocycles. The quantitative estimate of drug-likeness (QED) is 0.859. The molecule has 2 rings (SSSR count). The van der Waals surface area contributed by atoms with Gasteiger partial charge in [0.15, 0.2) is 0 Å². The first-order valence-corrected chi connectivity index (χ1v) is 7.43. The Labute approximate surface area is 147 Å². The van der Waals surface area contributed by atoms with Crippen LogP contribution in [0.2, 0.25) is 0 Å². The molecule has 0 saturated heterocycles. The normalized spacial score (nSPS) is 12.9. The van der Waals surface area contributed by atoms with Crippen molar-refractivity contribution < 1.29 is 13.9 Å². The third-order valence-corrected chi connectivity index (χ3v) is 3.41. The first-order valence-electron chi connectivity index (χ1n) is 7.43. The number of carbonyl (C=O) groups is 1. The second kappa shape index (κ2) is 8.13. The van der Waals surface area contributed by atoms with Crippen LogP contribution in [-0.4, -0.2) is 12.0 Å². The summed E-state index contributed by atoms with van der Waals surface area (Å²) in [5.74, 6) is -0.644. The topological polar surface area (TPSA) is 64.3 Å². The summed E-state index contributed by atoms with van der Waals surface area (Å²) < 4.78 is 19.5. The summed E-state index contributed by atoms with van der Waals surface area (Å²) in [5, 5.41) is 2.54. The van der Waals surface area contributed by atoms with Gasteiger partial charge in [0.05, 0.1) is 11.8 Å². The van der Waals surface area contributed by atoms with Crippen molar-refractivity contribution in [3.05, 3.63) is 59.9 Å². The highest BCUT2D eigenvalue weighted by molar-refractivity contribution is 5.98. The minimum absolute atomic E-state index is 0. The number of anilines is 1. The van der Waals surface area contributed by atoms with Crippen molar-refractivity contribution in [3.8, 4) is 5.75 Å². The minimum Gasteiger partial charge on any atom is -0.491 e. The first-order chi connectivity index (χ1) is 10.8. The molecule has 0 fully saturated rings. The second-order valence-electron chi connectivity index (χ2n) is 5.83. The van der Waals surface area contributed by atoms with E-state index in [1.54, 1.807) is 37.3 Å². The number of halogens is 2. The molecule has 0 aliphatic heterocycles. The smallest absolute Gasteiger partial charge is 0.248 e. The summed E-state index contributed by atoms with van der Waals surface area (Å²) in [5.41, 5.74) is 5.57. The Kier molecular flexibility index (Phi) is 6.75. The lowest BCUT2D eigenvalue weighted by Gasteiger charge is -2.24. The number of ether oxygens (including phenoxy) is 1. The SMILES string of the molecule is CC(C)Oc1ccc(NC(=O)C(C)(N)c2ccccc2)c(F)c1.Cl. The molecule has 130 valence electrons. The van der Waals surface area contributed by atoms with Gasteiger partial charge in [0.2, 0.25) is 5.91 Å². The molecule has 0 bridgehead atoms. The summed E-state index contributed by atoms with van der Waals surface area (Å²) in [6.45, 7) is 5.30. The van der Waals surface area contributed by atoms with Gasteiger partial charge in [-0.25, -0.2) is 4.39 Å². The fraction of sp³-hybridized carbons (Fsp3) is 0.278. The number of benzene rings is 2. The van der Waals surface area contributed by atoms with E-state index in [0.717, 1.165) is 0 Å². The van der Waals surface area contributed by atoms with Gasteiger partial charge >= 0.3 is 0 Å². The standard InChI is InChI=1S/C18H21FN2O2.ClH/c1-12(2)23-14-9-10-16(15(19)11-14)21-17(22)18(3,20)13-7-5-4-6-8-13;/h4-12H,20H2,1-3H3,(H,21,22);1H. The Hall–Kier alpha value is -2.11. The number of hydrogen-bond donors (Lipinski definition) is 2. The van der Waals surface area contributed by atoms with Gasteiger partial charge in [-0.1, -0.05) is 30.3 Å². The summed E-state index contributed by atoms with van der Waals surface area (Å²) >= 11 is 0. The van der Waals surface area contributed by atoms with E-state index in [-0.39, 0.29) is 24.2 Å². The molecule has 0 radical (unpaired) electrons. The molecule has 0 saturated carbocycles. The highest BCUT2D eigenvalue weighted by Gasteiger charge is 2.30. The predicted molar refractivity (Wildman–Crippen MR) is 96.0 cm³/mol. The van der Waals surface area contributed by atoms with E-state index in [4.69, 9.17) is 10.5 Å². The zero-order valence-electron chi connectivity index (χ0n) is 13.9. The molecule has 0 aliphatic rings. The number of amides is 1. The lowest BCUT2D eigenvalue weighted by molar-refractivity contribution is -0.120. The minimum atomic E-state index is -1.26. The van der Waals surface area contributed by atoms with Gasteiger partial charge in [-0.05, 0) is 38.5 Å². The molecule has 4 nitrogen and oxygen atoms in total. The molecule has 2 aromatic rings. The molecule has 0 aliphatic carbocycles. The van der Waals surface area contributed by atoms with E-state index in [9.17, 15) is 9.18 Å². The van der Waals surface area contributed by atoms with E-state index < -0.39 is 17.3 Å². The van der Waals surface area contributed by atoms with Crippen LogP contribution in [0.25, 0.3) is 0 Å². The lowest BCUT2D eigenvalue weighted by atomic mass is 9.92. The van der Waals surface area contributed by atoms with Crippen molar-refractivity contribution in [1.29, 1.82) is 0 Å². The van der Waals surface area contributed by atoms with Gasteiger partial charge < -0.3 is 15.8 Å². The molecule has 1 amide bonds. The second-order valence-corrected chi connectivity index (χ2v) is 5.83. The Morgan fingerprint density at radius 2 is 1.83 bits per heavy atom. The lowest BCUT2D eigenvalue weighted by Crippen LogP contribution is -2.45.